The molecule has 0 radical (unpaired) electrons. The number of amides is 1. The number of halogens is 2. The summed E-state index contributed by atoms with van der Waals surface area (Å²) in [4.78, 5) is 26.4. The molecule has 1 aromatic carbocycles. The van der Waals surface area contributed by atoms with Crippen molar-refractivity contribution in [2.45, 2.75) is 20.0 Å². The largest absolute Gasteiger partial charge is 0.358 e. The SMILES string of the molecule is Cc1cc([N+](=O)[O-])n(CC(=O)Nc2ncn(Cc3ccc(F)cc3Cl)n2)n1. The Bertz CT molecular complexity index is 1020. The van der Waals surface area contributed by atoms with Gasteiger partial charge in [-0.1, -0.05) is 22.8 Å². The van der Waals surface area contributed by atoms with Crippen molar-refractivity contribution in [3.05, 3.63) is 62.8 Å². The van der Waals surface area contributed by atoms with Gasteiger partial charge in [0.1, 0.15) is 12.1 Å². The smallest absolute Gasteiger partial charge is 0.345 e. The van der Waals surface area contributed by atoms with E-state index < -0.39 is 16.6 Å². The zero-order chi connectivity index (χ0) is 19.6. The number of nitrogens with zero attached hydrogens (tertiary/aromatic N) is 6. The minimum absolute atomic E-state index is 0.0183. The van der Waals surface area contributed by atoms with Crippen LogP contribution in [0.2, 0.25) is 5.02 Å². The van der Waals surface area contributed by atoms with Gasteiger partial charge in [0.05, 0.1) is 18.3 Å². The number of anilines is 1. The van der Waals surface area contributed by atoms with Gasteiger partial charge in [-0.15, -0.1) is 9.78 Å². The van der Waals surface area contributed by atoms with Crippen LogP contribution < -0.4 is 5.32 Å². The molecule has 0 saturated carbocycles. The highest BCUT2D eigenvalue weighted by molar-refractivity contribution is 6.31. The summed E-state index contributed by atoms with van der Waals surface area (Å²) in [6.45, 7) is 1.46. The molecule has 1 N–H and O–H groups in total. The summed E-state index contributed by atoms with van der Waals surface area (Å²) in [5, 5.41) is 21.6. The number of rotatable bonds is 6. The van der Waals surface area contributed by atoms with Gasteiger partial charge in [-0.25, -0.2) is 14.1 Å². The van der Waals surface area contributed by atoms with Crippen molar-refractivity contribution in [3.8, 4) is 0 Å². The molecular formula is C15H13ClFN7O3. The van der Waals surface area contributed by atoms with E-state index in [1.54, 1.807) is 6.92 Å². The molecule has 2 heterocycles. The molecule has 2 aromatic heterocycles. The van der Waals surface area contributed by atoms with Gasteiger partial charge >= 0.3 is 5.82 Å². The maximum atomic E-state index is 13.1. The summed E-state index contributed by atoms with van der Waals surface area (Å²) in [6.07, 6.45) is 1.37. The molecule has 12 heteroatoms. The Morgan fingerprint density at radius 2 is 2.15 bits per heavy atom. The molecule has 1 amide bonds. The molecule has 0 aliphatic carbocycles. The van der Waals surface area contributed by atoms with Crippen molar-refractivity contribution in [2.24, 2.45) is 0 Å². The van der Waals surface area contributed by atoms with E-state index in [2.05, 4.69) is 20.5 Å². The molecule has 0 bridgehead atoms. The first-order valence-corrected chi connectivity index (χ1v) is 8.01. The predicted octanol–water partition coefficient (Wildman–Crippen LogP) is 2.17. The van der Waals surface area contributed by atoms with Gasteiger partial charge in [-0.3, -0.25) is 10.1 Å². The van der Waals surface area contributed by atoms with Crippen molar-refractivity contribution < 1.29 is 14.1 Å². The molecule has 3 aromatic rings. The molecule has 0 aliphatic heterocycles. The van der Waals surface area contributed by atoms with Crippen LogP contribution in [0.5, 0.6) is 0 Å². The number of benzene rings is 1. The lowest BCUT2D eigenvalue weighted by Gasteiger charge is -2.04. The second kappa shape index (κ2) is 7.50. The maximum absolute atomic E-state index is 13.1. The number of aryl methyl sites for hydroxylation is 1. The Kier molecular flexibility index (Phi) is 5.12. The van der Waals surface area contributed by atoms with Crippen LogP contribution >= 0.6 is 11.6 Å². The Labute approximate surface area is 156 Å². The third kappa shape index (κ3) is 4.44. The first-order valence-electron chi connectivity index (χ1n) is 7.64. The van der Waals surface area contributed by atoms with Gasteiger partial charge in [0, 0.05) is 5.02 Å². The topological polar surface area (TPSA) is 121 Å². The number of carbonyl (C=O) groups excluding carboxylic acids is 1. The summed E-state index contributed by atoms with van der Waals surface area (Å²) >= 11 is 5.97. The molecule has 0 fully saturated rings. The van der Waals surface area contributed by atoms with Crippen molar-refractivity contribution >= 4 is 29.3 Å². The fraction of sp³-hybridized carbons (Fsp3) is 0.200. The maximum Gasteiger partial charge on any atom is 0.345 e. The first kappa shape index (κ1) is 18.5. The highest BCUT2D eigenvalue weighted by atomic mass is 35.5. The molecular weight excluding hydrogens is 381 g/mol. The first-order chi connectivity index (χ1) is 12.8. The van der Waals surface area contributed by atoms with Gasteiger partial charge < -0.3 is 10.1 Å². The van der Waals surface area contributed by atoms with E-state index in [1.165, 1.54) is 35.3 Å². The average molecular weight is 394 g/mol. The third-order valence-corrected chi connectivity index (χ3v) is 3.85. The number of nitro groups is 1. The summed E-state index contributed by atoms with van der Waals surface area (Å²) in [5.41, 5.74) is 1.05. The lowest BCUT2D eigenvalue weighted by atomic mass is 10.2. The number of aromatic nitrogens is 5. The van der Waals surface area contributed by atoms with Crippen LogP contribution in [-0.2, 0) is 17.9 Å². The summed E-state index contributed by atoms with van der Waals surface area (Å²) in [5.74, 6) is -1.28. The standard InChI is InChI=1S/C15H13ClFN7O3/c1-9-4-14(24(26)27)23(20-9)7-13(25)19-15-18-8-22(21-15)6-10-2-3-11(17)5-12(10)16/h2-5,8H,6-7H2,1H3,(H,19,21,25). The van der Waals surface area contributed by atoms with Crippen LogP contribution in [-0.4, -0.2) is 35.4 Å². The Balaban J connectivity index is 1.65. The fourth-order valence-electron chi connectivity index (χ4n) is 2.35. The third-order valence-electron chi connectivity index (χ3n) is 3.50. The molecule has 0 saturated heterocycles. The summed E-state index contributed by atoms with van der Waals surface area (Å²) in [6, 6.07) is 5.26. The number of carbonyl (C=O) groups is 1. The number of hydrogen-bond acceptors (Lipinski definition) is 6. The van der Waals surface area contributed by atoms with Crippen LogP contribution in [0.3, 0.4) is 0 Å². The fourth-order valence-corrected chi connectivity index (χ4v) is 2.57. The average Bonchev–Trinajstić information content (AvgIpc) is 3.16. The molecule has 10 nitrogen and oxygen atoms in total. The minimum atomic E-state index is -0.618. The second-order valence-corrected chi connectivity index (χ2v) is 6.02. The lowest BCUT2D eigenvalue weighted by molar-refractivity contribution is -0.392. The molecule has 0 spiro atoms. The normalized spacial score (nSPS) is 10.8. The Morgan fingerprint density at radius 3 is 2.85 bits per heavy atom. The van der Waals surface area contributed by atoms with E-state index in [0.29, 0.717) is 11.3 Å². The Hall–Kier alpha value is -3.34. The quantitative estimate of drug-likeness (QED) is 0.506. The van der Waals surface area contributed by atoms with E-state index >= 15 is 0 Å². The summed E-state index contributed by atoms with van der Waals surface area (Å²) in [7, 11) is 0. The molecule has 0 aliphatic rings. The van der Waals surface area contributed by atoms with Crippen molar-refractivity contribution in [3.63, 3.8) is 0 Å². The summed E-state index contributed by atoms with van der Waals surface area (Å²) < 4.78 is 15.5. The van der Waals surface area contributed by atoms with E-state index in [4.69, 9.17) is 11.6 Å². The van der Waals surface area contributed by atoms with Gasteiger partial charge in [-0.05, 0) is 29.5 Å². The van der Waals surface area contributed by atoms with E-state index in [-0.39, 0.29) is 29.9 Å². The molecule has 140 valence electrons. The van der Waals surface area contributed by atoms with Gasteiger partial charge in [0.25, 0.3) is 5.91 Å². The molecule has 3 rings (SSSR count). The van der Waals surface area contributed by atoms with Crippen LogP contribution in [0.25, 0.3) is 0 Å². The van der Waals surface area contributed by atoms with Gasteiger partial charge in [0.15, 0.2) is 6.54 Å². The molecule has 0 atom stereocenters. The van der Waals surface area contributed by atoms with Crippen LogP contribution in [0.4, 0.5) is 16.2 Å². The highest BCUT2D eigenvalue weighted by Crippen LogP contribution is 2.18. The number of nitrogens with one attached hydrogen (secondary N) is 1. The van der Waals surface area contributed by atoms with Crippen molar-refractivity contribution in [1.82, 2.24) is 24.5 Å². The highest BCUT2D eigenvalue weighted by Gasteiger charge is 2.20. The van der Waals surface area contributed by atoms with Gasteiger partial charge in [-0.2, -0.15) is 0 Å². The Morgan fingerprint density at radius 1 is 1.37 bits per heavy atom. The second-order valence-electron chi connectivity index (χ2n) is 5.61. The van der Waals surface area contributed by atoms with Crippen LogP contribution in [0.15, 0.2) is 30.6 Å². The van der Waals surface area contributed by atoms with Gasteiger partial charge in [0.2, 0.25) is 5.95 Å². The van der Waals surface area contributed by atoms with Crippen molar-refractivity contribution in [1.29, 1.82) is 0 Å². The van der Waals surface area contributed by atoms with E-state index in [0.717, 1.165) is 4.68 Å². The van der Waals surface area contributed by atoms with Crippen LogP contribution in [0, 0.1) is 22.9 Å². The zero-order valence-corrected chi connectivity index (χ0v) is 14.7. The lowest BCUT2D eigenvalue weighted by Crippen LogP contribution is -2.21. The zero-order valence-electron chi connectivity index (χ0n) is 14.0. The number of hydrogen-bond donors (Lipinski definition) is 1. The predicted molar refractivity (Wildman–Crippen MR) is 92.8 cm³/mol. The van der Waals surface area contributed by atoms with Crippen LogP contribution in [0.1, 0.15) is 11.3 Å². The van der Waals surface area contributed by atoms with E-state index in [9.17, 15) is 19.3 Å². The van der Waals surface area contributed by atoms with E-state index in [1.807, 2.05) is 0 Å². The molecule has 0 unspecified atom stereocenters. The minimum Gasteiger partial charge on any atom is -0.358 e. The molecule has 27 heavy (non-hydrogen) atoms. The van der Waals surface area contributed by atoms with Crippen molar-refractivity contribution in [2.75, 3.05) is 5.32 Å². The monoisotopic (exact) mass is 393 g/mol.